The zero-order valence-corrected chi connectivity index (χ0v) is 4.85. The molecule has 0 spiro atoms. The second kappa shape index (κ2) is 2.81. The summed E-state index contributed by atoms with van der Waals surface area (Å²) >= 11 is 0. The highest BCUT2D eigenvalue weighted by molar-refractivity contribution is 4.84. The summed E-state index contributed by atoms with van der Waals surface area (Å²) in [7, 11) is 0. The lowest BCUT2D eigenvalue weighted by Crippen LogP contribution is -2.33. The lowest BCUT2D eigenvalue weighted by molar-refractivity contribution is -0.132. The Hall–Kier alpha value is -0.200. The molecule has 5 heteroatoms. The van der Waals surface area contributed by atoms with E-state index in [0.29, 0.717) is 0 Å². The average molecular weight is 154 g/mol. The molecule has 1 saturated heterocycles. The third-order valence-corrected chi connectivity index (χ3v) is 1.12. The molecule has 4 N–H and O–H groups in total. The normalized spacial score (nSPS) is 70.0. The number of hydrogen-bond donors (Lipinski definition) is 4. The molecule has 0 bridgehead atoms. The molecule has 1 aliphatic heterocycles. The molecule has 1 rings (SSSR count). The molecule has 10 heavy (non-hydrogen) atoms. The number of hydrogen-bond acceptors (Lipinski definition) is 5. The van der Waals surface area contributed by atoms with Crippen molar-refractivity contribution in [2.45, 2.75) is 24.6 Å². The molecule has 4 atom stereocenters. The molecular weight excluding hydrogens is 140 g/mol. The summed E-state index contributed by atoms with van der Waals surface area (Å²) in [4.78, 5) is 0. The Morgan fingerprint density at radius 2 is 2.10 bits per heavy atom. The van der Waals surface area contributed by atoms with E-state index in [1.165, 1.54) is 0 Å². The summed E-state index contributed by atoms with van der Waals surface area (Å²) < 4.78 is 31.9. The van der Waals surface area contributed by atoms with Gasteiger partial charge in [0.2, 0.25) is 0 Å². The molecule has 5 nitrogen and oxygen atoms in total. The highest BCUT2D eigenvalue weighted by Crippen LogP contribution is 2.18. The predicted octanol–water partition coefficient (Wildman–Crippen LogP) is -2.58. The van der Waals surface area contributed by atoms with Gasteiger partial charge < -0.3 is 25.2 Å². The topological polar surface area (TPSA) is 90.2 Å². The molecule has 0 saturated carbocycles. The van der Waals surface area contributed by atoms with Gasteiger partial charge in [-0.1, -0.05) is 0 Å². The van der Waals surface area contributed by atoms with E-state index in [9.17, 15) is 5.11 Å². The Balaban J connectivity index is 3.14. The maximum atomic E-state index is 9.23. The smallest absolute Gasteiger partial charge is 0.184 e. The molecule has 1 aliphatic rings. The summed E-state index contributed by atoms with van der Waals surface area (Å²) in [6.45, 7) is -3.40. The van der Waals surface area contributed by atoms with Crippen molar-refractivity contribution in [3.63, 3.8) is 0 Å². The second-order valence-corrected chi connectivity index (χ2v) is 1.78. The minimum absolute atomic E-state index is 2.10. The van der Waals surface area contributed by atoms with Crippen molar-refractivity contribution in [3.05, 3.63) is 0 Å². The van der Waals surface area contributed by atoms with Crippen molar-refractivity contribution in [3.8, 4) is 0 Å². The van der Waals surface area contributed by atoms with Crippen LogP contribution in [0, 0.1) is 0 Å². The van der Waals surface area contributed by atoms with Crippen LogP contribution in [-0.4, -0.2) is 51.5 Å². The van der Waals surface area contributed by atoms with Gasteiger partial charge in [0.05, 0.1) is 12.0 Å². The monoisotopic (exact) mass is 154 g/mol. The fraction of sp³-hybridized carbons (Fsp3) is 1.00. The lowest BCUT2D eigenvalue weighted by atomic mass is 10.1. The first kappa shape index (κ1) is 3.99. The molecule has 1 heterocycles. The van der Waals surface area contributed by atoms with Crippen LogP contribution in [-0.2, 0) is 4.74 Å². The third kappa shape index (κ3) is 1.14. The zero-order chi connectivity index (χ0) is 11.4. The van der Waals surface area contributed by atoms with Crippen LogP contribution in [0.4, 0.5) is 0 Å². The first-order valence-electron chi connectivity index (χ1n) is 4.53. The first-order chi connectivity index (χ1) is 6.04. The fourth-order valence-corrected chi connectivity index (χ4v) is 0.599. The van der Waals surface area contributed by atoms with Crippen LogP contribution in [0.1, 0.15) is 5.48 Å². The largest absolute Gasteiger partial charge is 0.394 e. The van der Waals surface area contributed by atoms with Crippen LogP contribution in [0.15, 0.2) is 0 Å². The Morgan fingerprint density at radius 3 is 2.30 bits per heavy atom. The molecule has 1 fully saturated rings. The Kier molecular flexibility index (Phi) is 1.12. The molecule has 0 aromatic heterocycles. The van der Waals surface area contributed by atoms with Gasteiger partial charge in [-0.25, -0.2) is 0 Å². The minimum Gasteiger partial charge on any atom is -0.394 e. The van der Waals surface area contributed by atoms with Crippen molar-refractivity contribution in [2.75, 3.05) is 6.56 Å². The van der Waals surface area contributed by atoms with E-state index in [2.05, 4.69) is 4.74 Å². The van der Waals surface area contributed by atoms with Crippen LogP contribution >= 0.6 is 0 Å². The van der Waals surface area contributed by atoms with Gasteiger partial charge in [0.25, 0.3) is 0 Å². The van der Waals surface area contributed by atoms with Crippen LogP contribution in [0.25, 0.3) is 0 Å². The number of ether oxygens (including phenoxy) is 1. The molecule has 0 aliphatic carbocycles. The SMILES string of the molecule is [2H]C([2H])(O)[C@@]1([2H])OC(O)[C@H](O)[C@]1([2H])O. The molecule has 60 valence electrons. The van der Waals surface area contributed by atoms with E-state index in [4.69, 9.17) is 20.8 Å². The number of rotatable bonds is 1. The average Bonchev–Trinajstić information content (AvgIpc) is 2.12. The van der Waals surface area contributed by atoms with Gasteiger partial charge in [0.1, 0.15) is 18.3 Å². The summed E-state index contributed by atoms with van der Waals surface area (Å²) in [5, 5.41) is 36.0. The van der Waals surface area contributed by atoms with Crippen molar-refractivity contribution < 1.29 is 30.6 Å². The molecule has 0 aromatic carbocycles. The highest BCUT2D eigenvalue weighted by atomic mass is 16.6. The van der Waals surface area contributed by atoms with E-state index in [1.54, 1.807) is 0 Å². The van der Waals surface area contributed by atoms with Crippen molar-refractivity contribution in [1.82, 2.24) is 0 Å². The third-order valence-electron chi connectivity index (χ3n) is 1.12. The van der Waals surface area contributed by atoms with Crippen molar-refractivity contribution >= 4 is 0 Å². The number of aliphatic hydroxyl groups is 4. The second-order valence-electron chi connectivity index (χ2n) is 1.78. The van der Waals surface area contributed by atoms with Gasteiger partial charge >= 0.3 is 0 Å². The number of aliphatic hydroxyl groups excluding tert-OH is 2. The summed E-state index contributed by atoms with van der Waals surface area (Å²) in [5.74, 6) is 0. The molecule has 0 amide bonds. The van der Waals surface area contributed by atoms with Gasteiger partial charge in [-0.3, -0.25) is 0 Å². The highest BCUT2D eigenvalue weighted by Gasteiger charge is 2.41. The van der Waals surface area contributed by atoms with E-state index in [-0.39, 0.29) is 0 Å². The molecular formula is C5H10O5. The minimum atomic E-state index is -3.40. The van der Waals surface area contributed by atoms with E-state index in [1.807, 2.05) is 0 Å². The first-order valence-corrected chi connectivity index (χ1v) is 2.53. The van der Waals surface area contributed by atoms with Gasteiger partial charge in [-0.15, -0.1) is 0 Å². The van der Waals surface area contributed by atoms with Crippen molar-refractivity contribution in [1.29, 1.82) is 0 Å². The summed E-state index contributed by atoms with van der Waals surface area (Å²) in [6, 6.07) is 0. The zero-order valence-electron chi connectivity index (χ0n) is 8.85. The van der Waals surface area contributed by atoms with Crippen LogP contribution in [0.3, 0.4) is 0 Å². The van der Waals surface area contributed by atoms with Crippen LogP contribution in [0.2, 0.25) is 0 Å². The summed E-state index contributed by atoms with van der Waals surface area (Å²) in [5.41, 5.74) is 0. The maximum absolute atomic E-state index is 9.23. The quantitative estimate of drug-likeness (QED) is 0.333. The van der Waals surface area contributed by atoms with Gasteiger partial charge in [-0.2, -0.15) is 0 Å². The van der Waals surface area contributed by atoms with E-state index >= 15 is 0 Å². The van der Waals surface area contributed by atoms with Crippen LogP contribution in [0.5, 0.6) is 0 Å². The predicted molar refractivity (Wildman–Crippen MR) is 30.0 cm³/mol. The molecule has 1 unspecified atom stereocenters. The van der Waals surface area contributed by atoms with Crippen LogP contribution < -0.4 is 0 Å². The van der Waals surface area contributed by atoms with E-state index in [0.717, 1.165) is 0 Å². The van der Waals surface area contributed by atoms with Gasteiger partial charge in [-0.05, 0) is 0 Å². The molecule has 0 aromatic rings. The van der Waals surface area contributed by atoms with Gasteiger partial charge in [0.15, 0.2) is 6.29 Å². The fourth-order valence-electron chi connectivity index (χ4n) is 0.599. The Labute approximate surface area is 63.1 Å². The standard InChI is InChI=1S/C5H10O5/c6-1-2-3(7)4(8)5(9)10-2/h2-9H,1H2/t2-,3-,4-,5?/m1/s1/i1D2,2D,3D. The lowest BCUT2D eigenvalue weighted by Gasteiger charge is -2.09. The maximum Gasteiger partial charge on any atom is 0.184 e. The Bertz CT molecular complexity index is 241. The van der Waals surface area contributed by atoms with Crippen molar-refractivity contribution in [2.24, 2.45) is 0 Å². The Morgan fingerprint density at radius 1 is 1.50 bits per heavy atom. The molecule has 0 radical (unpaired) electrons. The van der Waals surface area contributed by atoms with E-state index < -0.39 is 31.1 Å². The van der Waals surface area contributed by atoms with Gasteiger partial charge in [0, 0.05) is 0 Å². The summed E-state index contributed by atoms with van der Waals surface area (Å²) in [6.07, 6.45) is -10.6.